The van der Waals surface area contributed by atoms with Crippen LogP contribution in [0.4, 0.5) is 4.79 Å². The maximum absolute atomic E-state index is 12.2. The minimum Gasteiger partial charge on any atom is -0.480 e. The molecule has 0 unspecified atom stereocenters. The molecule has 0 aromatic heterocycles. The number of hydrogen-bond acceptors (Lipinski definition) is 4. The predicted molar refractivity (Wildman–Crippen MR) is 113 cm³/mol. The molecule has 6 nitrogen and oxygen atoms in total. The smallest absolute Gasteiger partial charge is 0.421 e. The number of fused-ring (bicyclic) bond motifs is 3. The van der Waals surface area contributed by atoms with Gasteiger partial charge >= 0.3 is 12.1 Å². The fourth-order valence-electron chi connectivity index (χ4n) is 3.83. The Balaban J connectivity index is 1.36. The van der Waals surface area contributed by atoms with Crippen molar-refractivity contribution in [2.24, 2.45) is 0 Å². The first-order valence-electron chi connectivity index (χ1n) is 9.76. The van der Waals surface area contributed by atoms with Crippen molar-refractivity contribution in [1.29, 1.82) is 0 Å². The van der Waals surface area contributed by atoms with Gasteiger partial charge < -0.3 is 9.84 Å². The van der Waals surface area contributed by atoms with Crippen LogP contribution in [0.1, 0.15) is 22.6 Å². The van der Waals surface area contributed by atoms with Crippen LogP contribution in [0.3, 0.4) is 0 Å². The summed E-state index contributed by atoms with van der Waals surface area (Å²) in [6.07, 6.45) is -0.476. The summed E-state index contributed by atoms with van der Waals surface area (Å²) in [5, 5.41) is 9.41. The molecule has 0 saturated carbocycles. The molecule has 1 amide bonds. The molecule has 0 bridgehead atoms. The average Bonchev–Trinajstić information content (AvgIpc) is 3.09. The largest absolute Gasteiger partial charge is 0.480 e. The maximum Gasteiger partial charge on any atom is 0.421 e. The minimum atomic E-state index is -1.06. The molecule has 0 spiro atoms. The summed E-state index contributed by atoms with van der Waals surface area (Å²) in [7, 11) is 0. The molecule has 4 rings (SSSR count). The quantitative estimate of drug-likeness (QED) is 0.524. The highest BCUT2D eigenvalue weighted by molar-refractivity contribution is 5.79. The summed E-state index contributed by atoms with van der Waals surface area (Å²) in [6, 6.07) is 24.4. The van der Waals surface area contributed by atoms with Crippen LogP contribution in [0, 0.1) is 0 Å². The summed E-state index contributed by atoms with van der Waals surface area (Å²) < 4.78 is 5.41. The Hall–Kier alpha value is -3.64. The van der Waals surface area contributed by atoms with E-state index in [1.165, 1.54) is 0 Å². The Bertz CT molecular complexity index is 1010. The van der Waals surface area contributed by atoms with Crippen LogP contribution in [-0.2, 0) is 16.0 Å². The van der Waals surface area contributed by atoms with E-state index in [4.69, 9.17) is 4.74 Å². The molecule has 3 aromatic carbocycles. The van der Waals surface area contributed by atoms with Crippen LogP contribution in [0.5, 0.6) is 0 Å². The number of rotatable bonds is 7. The second-order valence-corrected chi connectivity index (χ2v) is 7.18. The number of ether oxygens (including phenoxy) is 1. The molecule has 3 aromatic rings. The molecule has 6 heteroatoms. The van der Waals surface area contributed by atoms with E-state index in [1.54, 1.807) is 0 Å². The molecule has 0 radical (unpaired) electrons. The van der Waals surface area contributed by atoms with Crippen molar-refractivity contribution >= 4 is 12.1 Å². The van der Waals surface area contributed by atoms with Crippen LogP contribution in [0.2, 0.25) is 0 Å². The minimum absolute atomic E-state index is 0.0530. The predicted octanol–water partition coefficient (Wildman–Crippen LogP) is 3.73. The molecule has 152 valence electrons. The number of carboxylic acids is 1. The zero-order valence-electron chi connectivity index (χ0n) is 16.2. The second-order valence-electron chi connectivity index (χ2n) is 7.18. The van der Waals surface area contributed by atoms with Crippen LogP contribution in [-0.4, -0.2) is 29.8 Å². The fourth-order valence-corrected chi connectivity index (χ4v) is 3.83. The maximum atomic E-state index is 12.2. The third-order valence-corrected chi connectivity index (χ3v) is 5.27. The van der Waals surface area contributed by atoms with E-state index in [-0.39, 0.29) is 18.9 Å². The van der Waals surface area contributed by atoms with E-state index >= 15 is 0 Å². The molecule has 30 heavy (non-hydrogen) atoms. The van der Waals surface area contributed by atoms with Gasteiger partial charge in [-0.25, -0.2) is 10.2 Å². The molecule has 1 aliphatic rings. The monoisotopic (exact) mass is 402 g/mol. The zero-order chi connectivity index (χ0) is 20.9. The normalized spacial score (nSPS) is 13.2. The van der Waals surface area contributed by atoms with Gasteiger partial charge in [0.15, 0.2) is 0 Å². The molecule has 0 aliphatic heterocycles. The Morgan fingerprint density at radius 2 is 1.43 bits per heavy atom. The van der Waals surface area contributed by atoms with Crippen molar-refractivity contribution in [3.63, 3.8) is 0 Å². The summed E-state index contributed by atoms with van der Waals surface area (Å²) in [5.74, 6) is -1.11. The lowest BCUT2D eigenvalue weighted by atomic mass is 9.98. The van der Waals surface area contributed by atoms with E-state index in [0.717, 1.165) is 27.8 Å². The Kier molecular flexibility index (Phi) is 5.77. The van der Waals surface area contributed by atoms with E-state index in [9.17, 15) is 14.7 Å². The van der Waals surface area contributed by atoms with Gasteiger partial charge in [0.25, 0.3) is 0 Å². The molecule has 1 aliphatic carbocycles. The molecular weight excluding hydrogens is 380 g/mol. The second kappa shape index (κ2) is 8.80. The molecule has 3 N–H and O–H groups in total. The van der Waals surface area contributed by atoms with Crippen LogP contribution < -0.4 is 10.9 Å². The van der Waals surface area contributed by atoms with Crippen LogP contribution in [0.25, 0.3) is 11.1 Å². The molecule has 0 saturated heterocycles. The van der Waals surface area contributed by atoms with E-state index in [1.807, 2.05) is 66.7 Å². The first kappa shape index (κ1) is 19.7. The number of benzene rings is 3. The number of carboxylic acid groups (broad SMARTS) is 1. The topological polar surface area (TPSA) is 87.7 Å². The number of carbonyl (C=O) groups is 2. The van der Waals surface area contributed by atoms with Crippen molar-refractivity contribution in [3.05, 3.63) is 95.6 Å². The molecule has 0 heterocycles. The highest BCUT2D eigenvalue weighted by Gasteiger charge is 2.29. The van der Waals surface area contributed by atoms with Gasteiger partial charge in [0.2, 0.25) is 0 Å². The SMILES string of the molecule is O=C(NN[C@@H](Cc1ccccc1)C(=O)O)OCC1c2ccccc2-c2ccccc21. The van der Waals surface area contributed by atoms with Crippen molar-refractivity contribution in [1.82, 2.24) is 10.9 Å². The number of carbonyl (C=O) groups excluding carboxylic acids is 1. The Morgan fingerprint density at radius 3 is 2.03 bits per heavy atom. The summed E-state index contributed by atoms with van der Waals surface area (Å²) in [6.45, 7) is 0.165. The number of hydrogen-bond donors (Lipinski definition) is 3. The Morgan fingerprint density at radius 1 is 0.867 bits per heavy atom. The van der Waals surface area contributed by atoms with Crippen molar-refractivity contribution in [2.75, 3.05) is 6.61 Å². The zero-order valence-corrected chi connectivity index (χ0v) is 16.2. The lowest BCUT2D eigenvalue weighted by Gasteiger charge is -2.17. The number of hydrazine groups is 1. The van der Waals surface area contributed by atoms with Gasteiger partial charge in [-0.05, 0) is 27.8 Å². The van der Waals surface area contributed by atoms with Gasteiger partial charge in [0.05, 0.1) is 0 Å². The van der Waals surface area contributed by atoms with Gasteiger partial charge in [0, 0.05) is 12.3 Å². The van der Waals surface area contributed by atoms with Crippen LogP contribution in [0.15, 0.2) is 78.9 Å². The number of amides is 1. The standard InChI is InChI=1S/C24H22N2O4/c27-23(28)22(14-16-8-2-1-3-9-16)25-26-24(29)30-15-21-19-12-6-4-10-17(19)18-11-5-7-13-20(18)21/h1-13,21-22,25H,14-15H2,(H,26,29)(H,27,28)/t22-/m0/s1. The fraction of sp³-hybridized carbons (Fsp3) is 0.167. The first-order valence-corrected chi connectivity index (χ1v) is 9.76. The summed E-state index contributed by atoms with van der Waals surface area (Å²) in [5.41, 5.74) is 10.3. The Labute approximate surface area is 174 Å². The average molecular weight is 402 g/mol. The van der Waals surface area contributed by atoms with E-state index < -0.39 is 18.1 Å². The van der Waals surface area contributed by atoms with Gasteiger partial charge in [-0.15, -0.1) is 0 Å². The van der Waals surface area contributed by atoms with Gasteiger partial charge in [-0.2, -0.15) is 0 Å². The third kappa shape index (κ3) is 4.18. The first-order chi connectivity index (χ1) is 14.6. The van der Waals surface area contributed by atoms with Gasteiger partial charge in [0.1, 0.15) is 12.6 Å². The lowest BCUT2D eigenvalue weighted by molar-refractivity contribution is -0.139. The number of nitrogens with one attached hydrogen (secondary N) is 2. The van der Waals surface area contributed by atoms with Gasteiger partial charge in [-0.3, -0.25) is 10.2 Å². The van der Waals surface area contributed by atoms with Crippen molar-refractivity contribution in [3.8, 4) is 11.1 Å². The highest BCUT2D eigenvalue weighted by atomic mass is 16.6. The molecule has 1 atom stereocenters. The molecule has 0 fully saturated rings. The van der Waals surface area contributed by atoms with E-state index in [2.05, 4.69) is 23.0 Å². The van der Waals surface area contributed by atoms with Crippen LogP contribution >= 0.6 is 0 Å². The van der Waals surface area contributed by atoms with Crippen molar-refractivity contribution in [2.45, 2.75) is 18.4 Å². The summed E-state index contributed by atoms with van der Waals surface area (Å²) >= 11 is 0. The van der Waals surface area contributed by atoms with E-state index in [0.29, 0.717) is 0 Å². The van der Waals surface area contributed by atoms with Gasteiger partial charge in [-0.1, -0.05) is 78.9 Å². The van der Waals surface area contributed by atoms with Crippen molar-refractivity contribution < 1.29 is 19.4 Å². The third-order valence-electron chi connectivity index (χ3n) is 5.27. The number of aliphatic carboxylic acids is 1. The molecular formula is C24H22N2O4. The lowest BCUT2D eigenvalue weighted by Crippen LogP contribution is -2.49. The summed E-state index contributed by atoms with van der Waals surface area (Å²) in [4.78, 5) is 23.7. The highest BCUT2D eigenvalue weighted by Crippen LogP contribution is 2.44.